The fourth-order valence-electron chi connectivity index (χ4n) is 2.36. The molecular weight excluding hydrogens is 266 g/mol. The van der Waals surface area contributed by atoms with Crippen molar-refractivity contribution < 1.29 is 9.59 Å². The third-order valence-corrected chi connectivity index (χ3v) is 3.69. The quantitative estimate of drug-likeness (QED) is 0.862. The van der Waals surface area contributed by atoms with Crippen molar-refractivity contribution in [2.24, 2.45) is 0 Å². The van der Waals surface area contributed by atoms with Crippen LogP contribution in [-0.4, -0.2) is 43.0 Å². The van der Waals surface area contributed by atoms with Gasteiger partial charge >= 0.3 is 6.03 Å². The standard InChI is InChI=1S/C16H23N3O2/c1-12-5-4-6-13(9-12)10-16(7-8-16)18-14(20)11-17-15(21)19(2)3/h4-6,9H,7-8,10-11H2,1-3H3,(H,17,21)(H,18,20). The van der Waals surface area contributed by atoms with E-state index in [0.717, 1.165) is 19.3 Å². The number of nitrogens with zero attached hydrogens (tertiary/aromatic N) is 1. The number of aryl methyl sites for hydroxylation is 1. The van der Waals surface area contributed by atoms with Crippen molar-refractivity contribution in [3.63, 3.8) is 0 Å². The molecule has 1 aromatic rings. The fraction of sp³-hybridized carbons (Fsp3) is 0.500. The van der Waals surface area contributed by atoms with Gasteiger partial charge in [0.15, 0.2) is 0 Å². The predicted octanol–water partition coefficient (Wildman–Crippen LogP) is 1.46. The zero-order chi connectivity index (χ0) is 15.5. The number of benzene rings is 1. The van der Waals surface area contributed by atoms with Crippen LogP contribution >= 0.6 is 0 Å². The molecular formula is C16H23N3O2. The average molecular weight is 289 g/mol. The first-order chi connectivity index (χ1) is 9.90. The van der Waals surface area contributed by atoms with Crippen LogP contribution in [0.2, 0.25) is 0 Å². The van der Waals surface area contributed by atoms with Gasteiger partial charge in [-0.3, -0.25) is 4.79 Å². The first-order valence-electron chi connectivity index (χ1n) is 7.22. The Morgan fingerprint density at radius 1 is 1.29 bits per heavy atom. The van der Waals surface area contributed by atoms with Crippen molar-refractivity contribution in [1.82, 2.24) is 15.5 Å². The van der Waals surface area contributed by atoms with Crippen LogP contribution in [0.25, 0.3) is 0 Å². The zero-order valence-electron chi connectivity index (χ0n) is 12.9. The van der Waals surface area contributed by atoms with Crippen LogP contribution in [0, 0.1) is 6.92 Å². The van der Waals surface area contributed by atoms with E-state index in [0.29, 0.717) is 0 Å². The lowest BCUT2D eigenvalue weighted by atomic mass is 10.0. The van der Waals surface area contributed by atoms with E-state index in [1.807, 2.05) is 6.07 Å². The molecule has 0 radical (unpaired) electrons. The Morgan fingerprint density at radius 2 is 2.00 bits per heavy atom. The van der Waals surface area contributed by atoms with Crippen molar-refractivity contribution in [1.29, 1.82) is 0 Å². The van der Waals surface area contributed by atoms with Gasteiger partial charge in [0.25, 0.3) is 0 Å². The highest BCUT2D eigenvalue weighted by Crippen LogP contribution is 2.38. The third kappa shape index (κ3) is 4.48. The van der Waals surface area contributed by atoms with Crippen molar-refractivity contribution in [3.8, 4) is 0 Å². The number of hydrogen-bond acceptors (Lipinski definition) is 2. The molecule has 21 heavy (non-hydrogen) atoms. The summed E-state index contributed by atoms with van der Waals surface area (Å²) >= 11 is 0. The van der Waals surface area contributed by atoms with Crippen LogP contribution in [0.5, 0.6) is 0 Å². The lowest BCUT2D eigenvalue weighted by Crippen LogP contribution is -2.46. The van der Waals surface area contributed by atoms with Gasteiger partial charge in [-0.05, 0) is 31.7 Å². The lowest BCUT2D eigenvalue weighted by molar-refractivity contribution is -0.121. The number of carbonyl (C=O) groups is 2. The summed E-state index contributed by atoms with van der Waals surface area (Å²) in [5, 5.41) is 5.64. The Hall–Kier alpha value is -2.04. The van der Waals surface area contributed by atoms with E-state index in [2.05, 4.69) is 35.8 Å². The summed E-state index contributed by atoms with van der Waals surface area (Å²) in [5.41, 5.74) is 2.35. The van der Waals surface area contributed by atoms with Gasteiger partial charge in [-0.2, -0.15) is 0 Å². The van der Waals surface area contributed by atoms with Crippen LogP contribution in [0.4, 0.5) is 4.79 Å². The Morgan fingerprint density at radius 3 is 2.57 bits per heavy atom. The molecule has 3 amide bonds. The average Bonchev–Trinajstić information content (AvgIpc) is 3.15. The molecule has 1 saturated carbocycles. The molecule has 0 bridgehead atoms. The van der Waals surface area contributed by atoms with Crippen molar-refractivity contribution in [2.75, 3.05) is 20.6 Å². The van der Waals surface area contributed by atoms with E-state index >= 15 is 0 Å². The van der Waals surface area contributed by atoms with E-state index in [-0.39, 0.29) is 24.0 Å². The fourth-order valence-corrected chi connectivity index (χ4v) is 2.36. The van der Waals surface area contributed by atoms with Crippen LogP contribution < -0.4 is 10.6 Å². The smallest absolute Gasteiger partial charge is 0.317 e. The Balaban J connectivity index is 1.84. The lowest BCUT2D eigenvalue weighted by Gasteiger charge is -2.19. The largest absolute Gasteiger partial charge is 0.349 e. The van der Waals surface area contributed by atoms with E-state index in [1.54, 1.807) is 14.1 Å². The predicted molar refractivity (Wildman–Crippen MR) is 82.1 cm³/mol. The highest BCUT2D eigenvalue weighted by Gasteiger charge is 2.43. The van der Waals surface area contributed by atoms with Crippen LogP contribution in [0.15, 0.2) is 24.3 Å². The van der Waals surface area contributed by atoms with Crippen LogP contribution in [0.1, 0.15) is 24.0 Å². The maximum Gasteiger partial charge on any atom is 0.317 e. The van der Waals surface area contributed by atoms with Gasteiger partial charge in [0, 0.05) is 19.6 Å². The van der Waals surface area contributed by atoms with E-state index in [4.69, 9.17) is 0 Å². The molecule has 5 heteroatoms. The molecule has 0 unspecified atom stereocenters. The summed E-state index contributed by atoms with van der Waals surface area (Å²) in [6.45, 7) is 2.09. The molecule has 0 atom stereocenters. The number of carbonyl (C=O) groups excluding carboxylic acids is 2. The van der Waals surface area contributed by atoms with E-state index in [9.17, 15) is 9.59 Å². The molecule has 1 aromatic carbocycles. The van der Waals surface area contributed by atoms with Crippen LogP contribution in [0.3, 0.4) is 0 Å². The second kappa shape index (κ2) is 6.16. The molecule has 0 saturated heterocycles. The summed E-state index contributed by atoms with van der Waals surface area (Å²) < 4.78 is 0. The van der Waals surface area contributed by atoms with Gasteiger partial charge in [0.05, 0.1) is 6.54 Å². The summed E-state index contributed by atoms with van der Waals surface area (Å²) in [7, 11) is 3.29. The minimum absolute atomic E-state index is 0.0204. The summed E-state index contributed by atoms with van der Waals surface area (Å²) in [4.78, 5) is 24.7. The Kier molecular flexibility index (Phi) is 4.50. The van der Waals surface area contributed by atoms with Crippen molar-refractivity contribution >= 4 is 11.9 Å². The normalized spacial score (nSPS) is 15.2. The van der Waals surface area contributed by atoms with Gasteiger partial charge < -0.3 is 15.5 Å². The van der Waals surface area contributed by atoms with Gasteiger partial charge in [-0.25, -0.2) is 4.79 Å². The maximum atomic E-state index is 11.9. The number of amides is 3. The summed E-state index contributed by atoms with van der Waals surface area (Å²) in [6, 6.07) is 8.10. The molecule has 1 aliphatic carbocycles. The number of nitrogens with one attached hydrogen (secondary N) is 2. The third-order valence-electron chi connectivity index (χ3n) is 3.69. The molecule has 1 fully saturated rings. The van der Waals surface area contributed by atoms with Gasteiger partial charge in [0.2, 0.25) is 5.91 Å². The monoisotopic (exact) mass is 289 g/mol. The van der Waals surface area contributed by atoms with Gasteiger partial charge in [-0.1, -0.05) is 29.8 Å². The summed E-state index contributed by atoms with van der Waals surface area (Å²) in [6.07, 6.45) is 2.84. The number of urea groups is 1. The zero-order valence-corrected chi connectivity index (χ0v) is 12.9. The topological polar surface area (TPSA) is 61.4 Å². The minimum atomic E-state index is -0.256. The second-order valence-corrected chi connectivity index (χ2v) is 6.05. The highest BCUT2D eigenvalue weighted by molar-refractivity contribution is 5.84. The van der Waals surface area contributed by atoms with Crippen molar-refractivity contribution in [2.45, 2.75) is 31.7 Å². The number of rotatable bonds is 5. The van der Waals surface area contributed by atoms with Crippen molar-refractivity contribution in [3.05, 3.63) is 35.4 Å². The molecule has 114 valence electrons. The Labute approximate surface area is 125 Å². The van der Waals surface area contributed by atoms with Gasteiger partial charge in [-0.15, -0.1) is 0 Å². The molecule has 0 aliphatic heterocycles. The molecule has 2 rings (SSSR count). The SMILES string of the molecule is Cc1cccc(CC2(NC(=O)CNC(=O)N(C)C)CC2)c1. The molecule has 5 nitrogen and oxygen atoms in total. The second-order valence-electron chi connectivity index (χ2n) is 6.05. The van der Waals surface area contributed by atoms with E-state index in [1.165, 1.54) is 16.0 Å². The van der Waals surface area contributed by atoms with Gasteiger partial charge in [0.1, 0.15) is 0 Å². The molecule has 0 spiro atoms. The molecule has 0 heterocycles. The summed E-state index contributed by atoms with van der Waals surface area (Å²) in [5.74, 6) is -0.129. The molecule has 2 N–H and O–H groups in total. The minimum Gasteiger partial charge on any atom is -0.349 e. The first kappa shape index (κ1) is 15.4. The Bertz CT molecular complexity index is 536. The maximum absolute atomic E-state index is 11.9. The number of hydrogen-bond donors (Lipinski definition) is 2. The highest BCUT2D eigenvalue weighted by atomic mass is 16.2. The molecule has 1 aliphatic rings. The van der Waals surface area contributed by atoms with E-state index < -0.39 is 0 Å². The molecule has 0 aromatic heterocycles. The van der Waals surface area contributed by atoms with Crippen LogP contribution in [-0.2, 0) is 11.2 Å². The first-order valence-corrected chi connectivity index (χ1v) is 7.22.